The summed E-state index contributed by atoms with van der Waals surface area (Å²) in [5.74, 6) is -0.530. The molecule has 0 spiro atoms. The van der Waals surface area contributed by atoms with Crippen molar-refractivity contribution in [1.82, 2.24) is 5.32 Å². The maximum absolute atomic E-state index is 13.6. The molecule has 9 nitrogen and oxygen atoms in total. The molecule has 500 valence electrons. The molecule has 0 aliphatic carbocycles. The zero-order chi connectivity index (χ0) is 63.5. The second-order valence-electron chi connectivity index (χ2n) is 25.0. The van der Waals surface area contributed by atoms with Crippen LogP contribution in [0.3, 0.4) is 0 Å². The number of unbranched alkanes of at least 4 members (excludes halogenated alkanes) is 30. The van der Waals surface area contributed by atoms with Gasteiger partial charge in [0.1, 0.15) is 19.3 Å². The summed E-state index contributed by atoms with van der Waals surface area (Å²) in [6, 6.07) is -0.867. The molecule has 0 fully saturated rings. The van der Waals surface area contributed by atoms with E-state index in [1.54, 1.807) is 0 Å². The molecule has 2 N–H and O–H groups in total. The summed E-state index contributed by atoms with van der Waals surface area (Å²) in [4.78, 5) is 37.9. The monoisotopic (exact) mass is 1230 g/mol. The molecule has 0 aromatic heterocycles. The number of phosphoric acid groups is 1. The van der Waals surface area contributed by atoms with Gasteiger partial charge in [-0.25, -0.2) is 4.57 Å². The number of nitrogens with zero attached hydrogens (tertiary/aromatic N) is 1. The van der Waals surface area contributed by atoms with Crippen LogP contribution in [0.25, 0.3) is 0 Å². The number of esters is 1. The van der Waals surface area contributed by atoms with Gasteiger partial charge in [-0.1, -0.05) is 290 Å². The lowest BCUT2D eigenvalue weighted by atomic mass is 10.0. The average Bonchev–Trinajstić information content (AvgIpc) is 3.69. The first kappa shape index (κ1) is 83.4. The summed E-state index contributed by atoms with van der Waals surface area (Å²) in [6.45, 7) is 6.87. The number of likely N-dealkylation sites (N-methyl/N-ethyl adjacent to an activating group) is 1. The van der Waals surface area contributed by atoms with Crippen molar-refractivity contribution in [3.05, 3.63) is 122 Å². The van der Waals surface area contributed by atoms with Crippen LogP contribution in [-0.4, -0.2) is 74.3 Å². The third-order valence-corrected chi connectivity index (χ3v) is 16.4. The van der Waals surface area contributed by atoms with E-state index in [4.69, 9.17) is 13.8 Å². The van der Waals surface area contributed by atoms with Crippen molar-refractivity contribution in [3.63, 3.8) is 0 Å². The number of carbonyl (C=O) groups is 2. The summed E-state index contributed by atoms with van der Waals surface area (Å²) in [7, 11) is 1.47. The van der Waals surface area contributed by atoms with Crippen LogP contribution in [0.1, 0.15) is 303 Å². The fraction of sp³-hybridized carbons (Fsp3) is 0.714. The second kappa shape index (κ2) is 65.4. The molecule has 0 aromatic rings. The molecule has 0 rings (SSSR count). The first-order valence-corrected chi connectivity index (χ1v) is 37.4. The molecule has 10 heteroatoms. The van der Waals surface area contributed by atoms with Gasteiger partial charge in [0.25, 0.3) is 0 Å². The molecular weight excluding hydrogens is 1100 g/mol. The van der Waals surface area contributed by atoms with Gasteiger partial charge in [0.05, 0.1) is 33.8 Å². The minimum absolute atomic E-state index is 0.0309. The number of hydrogen-bond donors (Lipinski definition) is 2. The Kier molecular flexibility index (Phi) is 62.7. The van der Waals surface area contributed by atoms with Crippen molar-refractivity contribution in [3.8, 4) is 0 Å². The van der Waals surface area contributed by atoms with Gasteiger partial charge in [-0.2, -0.15) is 0 Å². The van der Waals surface area contributed by atoms with Crippen LogP contribution in [0, 0.1) is 0 Å². The third kappa shape index (κ3) is 66.7. The van der Waals surface area contributed by atoms with Crippen molar-refractivity contribution in [2.45, 2.75) is 315 Å². The quantitative estimate of drug-likeness (QED) is 0.0205. The number of ether oxygens (including phenoxy) is 1. The Hall–Kier alpha value is -3.59. The van der Waals surface area contributed by atoms with Gasteiger partial charge in [0, 0.05) is 12.8 Å². The fourth-order valence-corrected chi connectivity index (χ4v) is 10.6. The Labute approximate surface area is 537 Å². The van der Waals surface area contributed by atoms with Crippen LogP contribution in [0.4, 0.5) is 0 Å². The highest BCUT2D eigenvalue weighted by atomic mass is 31.2. The van der Waals surface area contributed by atoms with E-state index in [1.165, 1.54) is 128 Å². The highest BCUT2D eigenvalue weighted by Crippen LogP contribution is 2.43. The number of amides is 1. The Morgan fingerprint density at radius 2 is 0.736 bits per heavy atom. The van der Waals surface area contributed by atoms with Crippen LogP contribution in [0.15, 0.2) is 122 Å². The van der Waals surface area contributed by atoms with E-state index in [0.717, 1.165) is 135 Å². The average molecular weight is 1230 g/mol. The van der Waals surface area contributed by atoms with Crippen LogP contribution in [0.5, 0.6) is 0 Å². The maximum Gasteiger partial charge on any atom is 0.472 e. The van der Waals surface area contributed by atoms with Gasteiger partial charge in [-0.05, 0) is 122 Å². The minimum atomic E-state index is -4.47. The molecule has 1 amide bonds. The highest BCUT2D eigenvalue weighted by molar-refractivity contribution is 7.47. The summed E-state index contributed by atoms with van der Waals surface area (Å²) >= 11 is 0. The van der Waals surface area contributed by atoms with E-state index in [2.05, 4.69) is 135 Å². The molecule has 3 atom stereocenters. The first-order chi connectivity index (χ1) is 42.4. The molecule has 3 unspecified atom stereocenters. The second-order valence-corrected chi connectivity index (χ2v) is 26.5. The number of hydrogen-bond acceptors (Lipinski definition) is 6. The number of carbonyl (C=O) groups excluding carboxylic acids is 2. The van der Waals surface area contributed by atoms with E-state index < -0.39 is 20.0 Å². The Morgan fingerprint density at radius 1 is 0.414 bits per heavy atom. The summed E-state index contributed by atoms with van der Waals surface area (Å²) in [5, 5.41) is 3.07. The van der Waals surface area contributed by atoms with Crippen molar-refractivity contribution in [1.29, 1.82) is 0 Å². The summed E-state index contributed by atoms with van der Waals surface area (Å²) in [5.41, 5.74) is 0. The van der Waals surface area contributed by atoms with E-state index in [1.807, 2.05) is 33.3 Å². The molecule has 0 heterocycles. The summed E-state index contributed by atoms with van der Waals surface area (Å²) in [6.07, 6.45) is 92.0. The van der Waals surface area contributed by atoms with E-state index in [-0.39, 0.29) is 31.5 Å². The molecule has 0 aliphatic heterocycles. The Bertz CT molecular complexity index is 1900. The van der Waals surface area contributed by atoms with Gasteiger partial charge in [0.15, 0.2) is 0 Å². The predicted molar refractivity (Wildman–Crippen MR) is 378 cm³/mol. The number of allylic oxidation sites excluding steroid dienone is 19. The number of phosphoric ester groups is 1. The molecule has 87 heavy (non-hydrogen) atoms. The number of quaternary nitrogens is 1. The molecule has 0 saturated carbocycles. The SMILES string of the molecule is CC/C=C\C/C=C\C/C=C\C/C=C\C/C=C\CCCCCCCCCCCCCC(=O)NC(COP(=O)(O)OCC[N+](C)(C)C)C(/C=C\CCCCCCCCCCCCC)OC(=O)CCCCCCC/C=C\C/C=C\C/C=C\C/C=C\CCCCC. The largest absolute Gasteiger partial charge is 0.472 e. The van der Waals surface area contributed by atoms with Crippen molar-refractivity contribution >= 4 is 19.7 Å². The van der Waals surface area contributed by atoms with E-state index in [0.29, 0.717) is 23.9 Å². The molecule has 0 aromatic carbocycles. The summed E-state index contributed by atoms with van der Waals surface area (Å²) < 4.78 is 30.8. The fourth-order valence-electron chi connectivity index (χ4n) is 9.89. The lowest BCUT2D eigenvalue weighted by Crippen LogP contribution is -2.47. The zero-order valence-corrected chi connectivity index (χ0v) is 58.1. The maximum atomic E-state index is 13.6. The molecule has 0 aliphatic rings. The Morgan fingerprint density at radius 3 is 1.13 bits per heavy atom. The minimum Gasteiger partial charge on any atom is -0.456 e. The number of rotatable bonds is 64. The topological polar surface area (TPSA) is 111 Å². The van der Waals surface area contributed by atoms with Crippen LogP contribution < -0.4 is 5.32 Å². The van der Waals surface area contributed by atoms with Gasteiger partial charge in [-0.3, -0.25) is 18.6 Å². The lowest BCUT2D eigenvalue weighted by Gasteiger charge is -2.27. The highest BCUT2D eigenvalue weighted by Gasteiger charge is 2.30. The van der Waals surface area contributed by atoms with Crippen molar-refractivity contribution in [2.24, 2.45) is 0 Å². The smallest absolute Gasteiger partial charge is 0.456 e. The number of nitrogens with one attached hydrogen (secondary N) is 1. The third-order valence-electron chi connectivity index (χ3n) is 15.4. The molecule has 0 bridgehead atoms. The first-order valence-electron chi connectivity index (χ1n) is 35.9. The van der Waals surface area contributed by atoms with Gasteiger partial charge < -0.3 is 19.4 Å². The van der Waals surface area contributed by atoms with Gasteiger partial charge in [0.2, 0.25) is 5.91 Å². The van der Waals surface area contributed by atoms with Gasteiger partial charge >= 0.3 is 13.8 Å². The standard InChI is InChI=1S/C77H135N2O7P/c1-7-10-13-16-19-22-25-28-30-32-34-36-37-38-39-40-41-43-44-46-48-51-54-57-60-63-66-69-76(80)78-74(73-85-87(82,83)84-72-71-79(4,5)6)75(68-65-62-59-56-53-50-27-24-21-18-15-12-9-3)86-77(81)70-67-64-61-58-55-52-49-47-45-42-35-33-31-29-26-23-20-17-14-11-8-2/h10,13,19-20,22-23,28-31,34-36,38-39,42,47,49,65,68,74-75H,7-9,11-12,14-18,21,24-27,32-33,37,40-41,43-46,48,50-64,66-67,69-73H2,1-6H3,(H-,78,80,82,83)/p+1/b13-10-,22-19-,23-20-,30-28-,31-29-,36-34-,39-38-,42-35-,49-47-,68-65-. The predicted octanol–water partition coefficient (Wildman–Crippen LogP) is 23.0. The van der Waals surface area contributed by atoms with Crippen LogP contribution in [-0.2, 0) is 27.9 Å². The lowest BCUT2D eigenvalue weighted by molar-refractivity contribution is -0.870. The zero-order valence-electron chi connectivity index (χ0n) is 57.2. The normalized spacial score (nSPS) is 14.2. The molecule has 0 saturated heterocycles. The van der Waals surface area contributed by atoms with E-state index in [9.17, 15) is 19.0 Å². The van der Waals surface area contributed by atoms with Crippen LogP contribution in [0.2, 0.25) is 0 Å². The van der Waals surface area contributed by atoms with Crippen molar-refractivity contribution in [2.75, 3.05) is 40.9 Å². The molecule has 0 radical (unpaired) electrons. The van der Waals surface area contributed by atoms with Gasteiger partial charge in [-0.15, -0.1) is 0 Å². The van der Waals surface area contributed by atoms with E-state index >= 15 is 0 Å². The molecular formula is C77H136N2O7P+. The van der Waals surface area contributed by atoms with Crippen molar-refractivity contribution < 1.29 is 37.3 Å². The van der Waals surface area contributed by atoms with Crippen LogP contribution >= 0.6 is 7.82 Å². The Balaban J connectivity index is 5.14.